The largest absolute Gasteiger partial charge is 0.457 e. The highest BCUT2D eigenvalue weighted by Gasteiger charge is 2.33. The maximum absolute atomic E-state index is 12.0. The van der Waals surface area contributed by atoms with Crippen LogP contribution in [0.25, 0.3) is 0 Å². The van der Waals surface area contributed by atoms with Crippen LogP contribution in [0.4, 0.5) is 5.69 Å². The third-order valence-electron chi connectivity index (χ3n) is 3.67. The summed E-state index contributed by atoms with van der Waals surface area (Å²) in [4.78, 5) is 23.6. The van der Waals surface area contributed by atoms with Crippen LogP contribution in [-0.2, 0) is 14.3 Å². The van der Waals surface area contributed by atoms with E-state index in [0.29, 0.717) is 11.4 Å². The Morgan fingerprint density at radius 3 is 2.25 bits per heavy atom. The van der Waals surface area contributed by atoms with E-state index in [9.17, 15) is 9.59 Å². The average Bonchev–Trinajstić information content (AvgIpc) is 3.42. The van der Waals surface area contributed by atoms with E-state index in [1.165, 1.54) is 0 Å². The van der Waals surface area contributed by atoms with Gasteiger partial charge in [0.15, 0.2) is 6.10 Å². The predicted molar refractivity (Wildman–Crippen MR) is 89.9 cm³/mol. The molecule has 5 nitrogen and oxygen atoms in total. The molecule has 0 spiro atoms. The van der Waals surface area contributed by atoms with Gasteiger partial charge < -0.3 is 14.8 Å². The number of ether oxygens (including phenoxy) is 2. The molecule has 1 fully saturated rings. The van der Waals surface area contributed by atoms with Gasteiger partial charge in [0.05, 0.1) is 5.92 Å². The fourth-order valence-corrected chi connectivity index (χ4v) is 2.12. The van der Waals surface area contributed by atoms with Crippen molar-refractivity contribution in [3.63, 3.8) is 0 Å². The summed E-state index contributed by atoms with van der Waals surface area (Å²) < 4.78 is 10.8. The minimum absolute atomic E-state index is 0.0188. The molecule has 24 heavy (non-hydrogen) atoms. The van der Waals surface area contributed by atoms with E-state index in [0.717, 1.165) is 18.6 Å². The van der Waals surface area contributed by atoms with E-state index in [4.69, 9.17) is 9.47 Å². The van der Waals surface area contributed by atoms with Gasteiger partial charge in [-0.3, -0.25) is 9.59 Å². The number of anilines is 1. The number of carbonyl (C=O) groups is 2. The molecule has 2 aromatic carbocycles. The number of esters is 1. The first-order valence-corrected chi connectivity index (χ1v) is 7.96. The van der Waals surface area contributed by atoms with Crippen molar-refractivity contribution < 1.29 is 19.1 Å². The Labute approximate surface area is 140 Å². The van der Waals surface area contributed by atoms with Crippen LogP contribution in [0.15, 0.2) is 54.6 Å². The summed E-state index contributed by atoms with van der Waals surface area (Å²) in [6.07, 6.45) is 0.907. The maximum atomic E-state index is 12.0. The van der Waals surface area contributed by atoms with Crippen LogP contribution in [0.5, 0.6) is 11.5 Å². The van der Waals surface area contributed by atoms with Gasteiger partial charge in [0.25, 0.3) is 5.91 Å². The molecule has 1 atom stereocenters. The first kappa shape index (κ1) is 16.1. The molecule has 5 heteroatoms. The molecule has 0 aromatic heterocycles. The molecule has 0 saturated heterocycles. The van der Waals surface area contributed by atoms with Gasteiger partial charge >= 0.3 is 5.97 Å². The Morgan fingerprint density at radius 1 is 1.00 bits per heavy atom. The van der Waals surface area contributed by atoms with Crippen LogP contribution < -0.4 is 10.1 Å². The van der Waals surface area contributed by atoms with Gasteiger partial charge in [-0.2, -0.15) is 0 Å². The standard InChI is InChI=1S/C19H19NO4/c1-13(23-19(22)14-7-8-14)18(21)20-15-9-11-17(12-10-15)24-16-5-3-2-4-6-16/h2-6,9-14H,7-8H2,1H3,(H,20,21)/t13-/m1/s1. The Morgan fingerprint density at radius 2 is 1.62 bits per heavy atom. The van der Waals surface area contributed by atoms with Crippen molar-refractivity contribution in [2.24, 2.45) is 5.92 Å². The van der Waals surface area contributed by atoms with Gasteiger partial charge in [0, 0.05) is 5.69 Å². The van der Waals surface area contributed by atoms with Gasteiger partial charge in [-0.1, -0.05) is 18.2 Å². The predicted octanol–water partition coefficient (Wildman–Crippen LogP) is 3.76. The summed E-state index contributed by atoms with van der Waals surface area (Å²) in [5.41, 5.74) is 0.620. The second kappa shape index (κ2) is 7.17. The molecule has 1 aliphatic carbocycles. The summed E-state index contributed by atoms with van der Waals surface area (Å²) >= 11 is 0. The van der Waals surface area contributed by atoms with Gasteiger partial charge in [0.1, 0.15) is 11.5 Å². The van der Waals surface area contributed by atoms with Crippen LogP contribution in [-0.4, -0.2) is 18.0 Å². The second-order valence-electron chi connectivity index (χ2n) is 5.78. The lowest BCUT2D eigenvalue weighted by molar-refractivity contribution is -0.154. The molecule has 0 bridgehead atoms. The van der Waals surface area contributed by atoms with Crippen LogP contribution in [0.2, 0.25) is 0 Å². The summed E-state index contributed by atoms with van der Waals surface area (Å²) in [5.74, 6) is 0.766. The second-order valence-corrected chi connectivity index (χ2v) is 5.78. The highest BCUT2D eigenvalue weighted by molar-refractivity contribution is 5.95. The first-order chi connectivity index (χ1) is 11.6. The lowest BCUT2D eigenvalue weighted by Gasteiger charge is -2.13. The number of benzene rings is 2. The van der Waals surface area contributed by atoms with Crippen LogP contribution in [0.1, 0.15) is 19.8 Å². The zero-order valence-corrected chi connectivity index (χ0v) is 13.4. The van der Waals surface area contributed by atoms with Crippen LogP contribution in [0, 0.1) is 5.92 Å². The Hall–Kier alpha value is -2.82. The number of carbonyl (C=O) groups excluding carboxylic acids is 2. The molecule has 0 aliphatic heterocycles. The summed E-state index contributed by atoms with van der Waals surface area (Å²) in [5, 5.41) is 2.73. The lowest BCUT2D eigenvalue weighted by atomic mass is 10.2. The van der Waals surface area contributed by atoms with E-state index in [1.807, 2.05) is 30.3 Å². The zero-order chi connectivity index (χ0) is 16.9. The Kier molecular flexibility index (Phi) is 4.79. The molecule has 1 aliphatic rings. The monoisotopic (exact) mass is 325 g/mol. The number of hydrogen-bond donors (Lipinski definition) is 1. The van der Waals surface area contributed by atoms with Crippen molar-refractivity contribution in [2.75, 3.05) is 5.32 Å². The Bertz CT molecular complexity index is 708. The van der Waals surface area contributed by atoms with Crippen molar-refractivity contribution in [1.29, 1.82) is 0 Å². The molecule has 1 N–H and O–H groups in total. The SMILES string of the molecule is C[C@@H](OC(=O)C1CC1)C(=O)Nc1ccc(Oc2ccccc2)cc1. The first-order valence-electron chi connectivity index (χ1n) is 7.96. The summed E-state index contributed by atoms with van der Waals surface area (Å²) in [7, 11) is 0. The van der Waals surface area contributed by atoms with Crippen molar-refractivity contribution in [1.82, 2.24) is 0 Å². The fraction of sp³-hybridized carbons (Fsp3) is 0.263. The number of hydrogen-bond acceptors (Lipinski definition) is 4. The smallest absolute Gasteiger partial charge is 0.309 e. The van der Waals surface area contributed by atoms with Crippen LogP contribution >= 0.6 is 0 Å². The molecule has 0 unspecified atom stereocenters. The van der Waals surface area contributed by atoms with E-state index in [-0.39, 0.29) is 17.8 Å². The summed E-state index contributed by atoms with van der Waals surface area (Å²) in [6.45, 7) is 1.57. The highest BCUT2D eigenvalue weighted by atomic mass is 16.5. The van der Waals surface area contributed by atoms with E-state index < -0.39 is 6.10 Å². The third-order valence-corrected chi connectivity index (χ3v) is 3.67. The molecule has 2 aromatic rings. The Balaban J connectivity index is 1.53. The fourth-order valence-electron chi connectivity index (χ4n) is 2.12. The van der Waals surface area contributed by atoms with Crippen molar-refractivity contribution in [2.45, 2.75) is 25.9 Å². The van der Waals surface area contributed by atoms with Crippen molar-refractivity contribution in [3.8, 4) is 11.5 Å². The van der Waals surface area contributed by atoms with Crippen LogP contribution in [0.3, 0.4) is 0 Å². The maximum Gasteiger partial charge on any atom is 0.309 e. The van der Waals surface area contributed by atoms with Gasteiger partial charge in [-0.05, 0) is 56.2 Å². The third kappa shape index (κ3) is 4.35. The topological polar surface area (TPSA) is 64.6 Å². The van der Waals surface area contributed by atoms with E-state index in [2.05, 4.69) is 5.32 Å². The average molecular weight is 325 g/mol. The normalized spacial score (nSPS) is 14.5. The number of nitrogens with one attached hydrogen (secondary N) is 1. The van der Waals surface area contributed by atoms with E-state index in [1.54, 1.807) is 31.2 Å². The number of amides is 1. The minimum Gasteiger partial charge on any atom is -0.457 e. The zero-order valence-electron chi connectivity index (χ0n) is 13.4. The van der Waals surface area contributed by atoms with Crippen molar-refractivity contribution in [3.05, 3.63) is 54.6 Å². The minimum atomic E-state index is -0.807. The van der Waals surface area contributed by atoms with Gasteiger partial charge in [0.2, 0.25) is 0 Å². The molecular weight excluding hydrogens is 306 g/mol. The molecule has 1 saturated carbocycles. The molecular formula is C19H19NO4. The molecule has 1 amide bonds. The highest BCUT2D eigenvalue weighted by Crippen LogP contribution is 2.30. The number of rotatable bonds is 6. The van der Waals surface area contributed by atoms with Crippen molar-refractivity contribution >= 4 is 17.6 Å². The summed E-state index contributed by atoms with van der Waals surface area (Å²) in [6, 6.07) is 16.5. The lowest BCUT2D eigenvalue weighted by Crippen LogP contribution is -2.30. The molecule has 3 rings (SSSR count). The quantitative estimate of drug-likeness (QED) is 0.821. The molecule has 0 heterocycles. The number of para-hydroxylation sites is 1. The van der Waals surface area contributed by atoms with E-state index >= 15 is 0 Å². The molecule has 124 valence electrons. The molecule has 0 radical (unpaired) electrons. The van der Waals surface area contributed by atoms with Gasteiger partial charge in [-0.25, -0.2) is 0 Å². The van der Waals surface area contributed by atoms with Gasteiger partial charge in [-0.15, -0.1) is 0 Å².